The molecule has 76 valence electrons. The Labute approximate surface area is 81.5 Å². The summed E-state index contributed by atoms with van der Waals surface area (Å²) in [6.07, 6.45) is 0. The normalized spacial score (nSPS) is 9.57. The number of ether oxygens (including phenoxy) is 1. The van der Waals surface area contributed by atoms with Gasteiger partial charge in [-0.25, -0.2) is 0 Å². The largest absolute Gasteiger partial charge is 0.505 e. The summed E-state index contributed by atoms with van der Waals surface area (Å²) in [5.74, 6) is -0.420. The summed E-state index contributed by atoms with van der Waals surface area (Å²) in [4.78, 5) is 10.9. The van der Waals surface area contributed by atoms with Crippen LogP contribution in [0.2, 0.25) is 0 Å². The summed E-state index contributed by atoms with van der Waals surface area (Å²) in [7, 11) is 3.09. The van der Waals surface area contributed by atoms with E-state index < -0.39 is 5.91 Å². The van der Waals surface area contributed by atoms with Crippen molar-refractivity contribution in [3.8, 4) is 11.5 Å². The highest BCUT2D eigenvalue weighted by Crippen LogP contribution is 2.35. The number of primary amides is 1. The fourth-order valence-corrected chi connectivity index (χ4v) is 1.18. The molecule has 0 atom stereocenters. The Morgan fingerprint density at radius 1 is 1.57 bits per heavy atom. The molecule has 0 spiro atoms. The van der Waals surface area contributed by atoms with E-state index in [1.54, 1.807) is 13.1 Å². The lowest BCUT2D eigenvalue weighted by Crippen LogP contribution is -2.12. The van der Waals surface area contributed by atoms with Crippen molar-refractivity contribution < 1.29 is 14.6 Å². The third-order valence-electron chi connectivity index (χ3n) is 1.88. The summed E-state index contributed by atoms with van der Waals surface area (Å²) in [5.41, 5.74) is 5.48. The molecule has 0 saturated carbocycles. The topological polar surface area (TPSA) is 84.6 Å². The van der Waals surface area contributed by atoms with Gasteiger partial charge in [-0.1, -0.05) is 0 Å². The number of nitrogens with two attached hydrogens (primary N) is 1. The van der Waals surface area contributed by atoms with Crippen molar-refractivity contribution >= 4 is 11.6 Å². The highest BCUT2D eigenvalue weighted by atomic mass is 16.5. The molecule has 1 aromatic rings. The standard InChI is InChI=1S/C9H12N2O3/c1-11-7-6(14-2)4-3-5(8(7)12)9(10)13/h3-4,11-12H,1-2H3,(H2,10,13). The maximum atomic E-state index is 10.9. The van der Waals surface area contributed by atoms with Gasteiger partial charge in [-0.2, -0.15) is 0 Å². The van der Waals surface area contributed by atoms with E-state index in [-0.39, 0.29) is 11.3 Å². The summed E-state index contributed by atoms with van der Waals surface area (Å²) >= 11 is 0. The Bertz CT molecular complexity index is 363. The van der Waals surface area contributed by atoms with Crippen molar-refractivity contribution in [2.45, 2.75) is 0 Å². The number of anilines is 1. The summed E-state index contributed by atoms with van der Waals surface area (Å²) in [5, 5.41) is 12.4. The molecule has 14 heavy (non-hydrogen) atoms. The Balaban J connectivity index is 3.34. The second-order valence-corrected chi connectivity index (χ2v) is 2.65. The van der Waals surface area contributed by atoms with E-state index in [4.69, 9.17) is 10.5 Å². The number of rotatable bonds is 3. The van der Waals surface area contributed by atoms with Gasteiger partial charge in [0, 0.05) is 7.05 Å². The van der Waals surface area contributed by atoms with Crippen molar-refractivity contribution in [1.82, 2.24) is 0 Å². The molecule has 0 aliphatic heterocycles. The van der Waals surface area contributed by atoms with E-state index in [9.17, 15) is 9.90 Å². The molecule has 0 heterocycles. The van der Waals surface area contributed by atoms with Gasteiger partial charge in [-0.05, 0) is 12.1 Å². The molecule has 0 unspecified atom stereocenters. The number of benzene rings is 1. The van der Waals surface area contributed by atoms with Crippen LogP contribution in [0.15, 0.2) is 12.1 Å². The molecule has 4 N–H and O–H groups in total. The first-order chi connectivity index (χ1) is 6.61. The van der Waals surface area contributed by atoms with E-state index in [1.807, 2.05) is 0 Å². The lowest BCUT2D eigenvalue weighted by atomic mass is 10.1. The van der Waals surface area contributed by atoms with Crippen LogP contribution in [0, 0.1) is 0 Å². The van der Waals surface area contributed by atoms with Crippen LogP contribution >= 0.6 is 0 Å². The van der Waals surface area contributed by atoms with Crippen LogP contribution in [0.25, 0.3) is 0 Å². The van der Waals surface area contributed by atoms with Gasteiger partial charge in [-0.15, -0.1) is 0 Å². The van der Waals surface area contributed by atoms with Gasteiger partial charge in [0.05, 0.1) is 12.7 Å². The number of nitrogens with one attached hydrogen (secondary N) is 1. The lowest BCUT2D eigenvalue weighted by Gasteiger charge is -2.11. The first-order valence-corrected chi connectivity index (χ1v) is 3.99. The molecule has 0 bridgehead atoms. The molecule has 0 fully saturated rings. The number of hydrogen-bond donors (Lipinski definition) is 3. The fourth-order valence-electron chi connectivity index (χ4n) is 1.18. The van der Waals surface area contributed by atoms with Gasteiger partial charge in [-0.3, -0.25) is 4.79 Å². The minimum absolute atomic E-state index is 0.0650. The Kier molecular flexibility index (Phi) is 2.81. The quantitative estimate of drug-likeness (QED) is 0.616. The number of aromatic hydroxyl groups is 1. The maximum Gasteiger partial charge on any atom is 0.252 e. The van der Waals surface area contributed by atoms with Gasteiger partial charge >= 0.3 is 0 Å². The van der Waals surface area contributed by atoms with E-state index in [0.29, 0.717) is 11.4 Å². The summed E-state index contributed by atoms with van der Waals surface area (Å²) in [6.45, 7) is 0. The number of phenols is 1. The lowest BCUT2D eigenvalue weighted by molar-refractivity contribution is 0.0998. The summed E-state index contributed by atoms with van der Waals surface area (Å²) < 4.78 is 4.98. The zero-order valence-electron chi connectivity index (χ0n) is 8.00. The van der Waals surface area contributed by atoms with Gasteiger partial charge < -0.3 is 20.9 Å². The van der Waals surface area contributed by atoms with Crippen LogP contribution < -0.4 is 15.8 Å². The smallest absolute Gasteiger partial charge is 0.252 e. The van der Waals surface area contributed by atoms with Crippen LogP contribution in [0.4, 0.5) is 5.69 Å². The van der Waals surface area contributed by atoms with Crippen LogP contribution in [-0.2, 0) is 0 Å². The molecule has 1 amide bonds. The Morgan fingerprint density at radius 3 is 2.64 bits per heavy atom. The van der Waals surface area contributed by atoms with E-state index in [0.717, 1.165) is 0 Å². The Morgan fingerprint density at radius 2 is 2.21 bits per heavy atom. The molecule has 0 aliphatic rings. The van der Waals surface area contributed by atoms with Crippen LogP contribution in [0.3, 0.4) is 0 Å². The minimum Gasteiger partial charge on any atom is -0.505 e. The van der Waals surface area contributed by atoms with Gasteiger partial charge in [0.2, 0.25) is 0 Å². The number of methoxy groups -OCH3 is 1. The summed E-state index contributed by atoms with van der Waals surface area (Å²) in [6, 6.07) is 2.98. The molecular formula is C9H12N2O3. The fraction of sp³-hybridized carbons (Fsp3) is 0.222. The first-order valence-electron chi connectivity index (χ1n) is 3.99. The first kappa shape index (κ1) is 10.2. The van der Waals surface area contributed by atoms with Crippen molar-refractivity contribution in [1.29, 1.82) is 0 Å². The van der Waals surface area contributed by atoms with E-state index in [1.165, 1.54) is 13.2 Å². The van der Waals surface area contributed by atoms with E-state index >= 15 is 0 Å². The second kappa shape index (κ2) is 3.87. The highest BCUT2D eigenvalue weighted by Gasteiger charge is 2.14. The third kappa shape index (κ3) is 1.56. The van der Waals surface area contributed by atoms with Gasteiger partial charge in [0.1, 0.15) is 11.4 Å². The number of carbonyl (C=O) groups excluding carboxylic acids is 1. The van der Waals surface area contributed by atoms with Crippen LogP contribution in [0.5, 0.6) is 11.5 Å². The average molecular weight is 196 g/mol. The number of hydrogen-bond acceptors (Lipinski definition) is 4. The molecule has 0 radical (unpaired) electrons. The van der Waals surface area contributed by atoms with Crippen molar-refractivity contribution in [2.75, 3.05) is 19.5 Å². The number of carbonyl (C=O) groups is 1. The molecule has 0 aliphatic carbocycles. The predicted octanol–water partition coefficient (Wildman–Crippen LogP) is 0.541. The molecule has 1 aromatic carbocycles. The zero-order chi connectivity index (χ0) is 10.7. The molecular weight excluding hydrogens is 184 g/mol. The monoisotopic (exact) mass is 196 g/mol. The molecule has 0 saturated heterocycles. The van der Waals surface area contributed by atoms with Crippen molar-refractivity contribution in [3.05, 3.63) is 17.7 Å². The molecule has 5 nitrogen and oxygen atoms in total. The predicted molar refractivity (Wildman–Crippen MR) is 52.7 cm³/mol. The van der Waals surface area contributed by atoms with Gasteiger partial charge in [0.15, 0.2) is 5.75 Å². The third-order valence-corrected chi connectivity index (χ3v) is 1.88. The molecule has 0 aromatic heterocycles. The molecule has 1 rings (SSSR count). The second-order valence-electron chi connectivity index (χ2n) is 2.65. The van der Waals surface area contributed by atoms with Crippen molar-refractivity contribution in [3.63, 3.8) is 0 Å². The molecule has 5 heteroatoms. The van der Waals surface area contributed by atoms with E-state index in [2.05, 4.69) is 5.32 Å². The average Bonchev–Trinajstić information content (AvgIpc) is 2.16. The highest BCUT2D eigenvalue weighted by molar-refractivity contribution is 5.98. The van der Waals surface area contributed by atoms with Gasteiger partial charge in [0.25, 0.3) is 5.91 Å². The minimum atomic E-state index is -0.679. The SMILES string of the molecule is CNc1c(OC)ccc(C(N)=O)c1O. The van der Waals surface area contributed by atoms with Crippen molar-refractivity contribution in [2.24, 2.45) is 5.73 Å². The maximum absolute atomic E-state index is 10.9. The van der Waals surface area contributed by atoms with Crippen LogP contribution in [0.1, 0.15) is 10.4 Å². The Hall–Kier alpha value is -1.91. The van der Waals surface area contributed by atoms with Crippen LogP contribution in [-0.4, -0.2) is 25.2 Å². The number of amides is 1. The zero-order valence-corrected chi connectivity index (χ0v) is 8.00.